The number of fused-ring (bicyclic) bond motifs is 1. The summed E-state index contributed by atoms with van der Waals surface area (Å²) in [7, 11) is 0. The summed E-state index contributed by atoms with van der Waals surface area (Å²) in [5.41, 5.74) is 1.43. The van der Waals surface area contributed by atoms with Crippen LogP contribution in [0.1, 0.15) is 18.5 Å². The smallest absolute Gasteiger partial charge is 0.321 e. The number of hydrogen-bond acceptors (Lipinski definition) is 7. The molecule has 2 fully saturated rings. The normalized spacial score (nSPS) is 17.4. The predicted molar refractivity (Wildman–Crippen MR) is 121 cm³/mol. The summed E-state index contributed by atoms with van der Waals surface area (Å²) in [6, 6.07) is 5.38. The standard InChI is InChI=1S/C21H25N7O2S/c29-19-13-17(24-21-28(19)11-12-31-21)15-25-7-9-27(10-8-25)20(30)23-16-3-4-18(22-14-16)26-5-1-2-6-26/h3-4,11-14H,1-2,5-10,15H2,(H,23,30). The van der Waals surface area contributed by atoms with E-state index in [1.807, 2.05) is 22.4 Å². The van der Waals surface area contributed by atoms with Crippen LogP contribution in [0.2, 0.25) is 0 Å². The Balaban J connectivity index is 1.13. The summed E-state index contributed by atoms with van der Waals surface area (Å²) < 4.78 is 1.56. The van der Waals surface area contributed by atoms with Crippen LogP contribution >= 0.6 is 11.3 Å². The number of urea groups is 1. The van der Waals surface area contributed by atoms with Gasteiger partial charge in [0, 0.05) is 63.5 Å². The average Bonchev–Trinajstić information content (AvgIpc) is 3.47. The number of hydrogen-bond donors (Lipinski definition) is 1. The van der Waals surface area contributed by atoms with Gasteiger partial charge in [-0.1, -0.05) is 0 Å². The van der Waals surface area contributed by atoms with Gasteiger partial charge in [-0.15, -0.1) is 11.3 Å². The summed E-state index contributed by atoms with van der Waals surface area (Å²) in [5.74, 6) is 0.970. The van der Waals surface area contributed by atoms with E-state index in [1.54, 1.807) is 22.9 Å². The molecule has 10 heteroatoms. The van der Waals surface area contributed by atoms with Crippen molar-refractivity contribution >= 4 is 33.8 Å². The van der Waals surface area contributed by atoms with E-state index in [4.69, 9.17) is 0 Å². The van der Waals surface area contributed by atoms with E-state index in [1.165, 1.54) is 24.2 Å². The summed E-state index contributed by atoms with van der Waals surface area (Å²) in [6.07, 6.45) is 5.89. The molecule has 0 atom stereocenters. The maximum absolute atomic E-state index is 12.6. The third-order valence-corrected chi connectivity index (χ3v) is 6.59. The minimum Gasteiger partial charge on any atom is -0.357 e. The highest BCUT2D eigenvalue weighted by atomic mass is 32.1. The van der Waals surface area contributed by atoms with Crippen LogP contribution in [0.4, 0.5) is 16.3 Å². The van der Waals surface area contributed by atoms with Gasteiger partial charge in [-0.2, -0.15) is 0 Å². The molecule has 1 N–H and O–H groups in total. The van der Waals surface area contributed by atoms with Gasteiger partial charge in [-0.25, -0.2) is 14.8 Å². The van der Waals surface area contributed by atoms with E-state index in [0.717, 1.165) is 37.7 Å². The Morgan fingerprint density at radius 2 is 1.90 bits per heavy atom. The van der Waals surface area contributed by atoms with Gasteiger partial charge in [0.1, 0.15) is 5.82 Å². The molecule has 5 rings (SSSR count). The lowest BCUT2D eigenvalue weighted by Crippen LogP contribution is -2.49. The number of thiazole rings is 1. The zero-order valence-electron chi connectivity index (χ0n) is 17.2. The van der Waals surface area contributed by atoms with Crippen LogP contribution in [0.15, 0.2) is 40.8 Å². The fourth-order valence-corrected chi connectivity index (χ4v) is 4.84. The summed E-state index contributed by atoms with van der Waals surface area (Å²) in [5, 5.41) is 4.81. The fraction of sp³-hybridized carbons (Fsp3) is 0.429. The molecule has 3 aromatic heterocycles. The highest BCUT2D eigenvalue weighted by Gasteiger charge is 2.22. The van der Waals surface area contributed by atoms with E-state index in [9.17, 15) is 9.59 Å². The average molecular weight is 440 g/mol. The lowest BCUT2D eigenvalue weighted by Gasteiger charge is -2.34. The Morgan fingerprint density at radius 1 is 1.10 bits per heavy atom. The molecule has 9 nitrogen and oxygen atoms in total. The van der Waals surface area contributed by atoms with Crippen molar-refractivity contribution in [3.63, 3.8) is 0 Å². The van der Waals surface area contributed by atoms with E-state index in [0.29, 0.717) is 30.3 Å². The van der Waals surface area contributed by atoms with Gasteiger partial charge in [0.15, 0.2) is 4.96 Å². The topological polar surface area (TPSA) is 86.1 Å². The minimum absolute atomic E-state index is 0.0522. The number of piperazine rings is 1. The molecule has 0 bridgehead atoms. The number of carbonyl (C=O) groups is 1. The maximum atomic E-state index is 12.6. The van der Waals surface area contributed by atoms with Gasteiger partial charge < -0.3 is 15.1 Å². The number of carbonyl (C=O) groups excluding carboxylic acids is 1. The molecule has 0 radical (unpaired) electrons. The monoisotopic (exact) mass is 439 g/mol. The molecule has 31 heavy (non-hydrogen) atoms. The summed E-state index contributed by atoms with van der Waals surface area (Å²) >= 11 is 1.46. The molecule has 2 aliphatic rings. The van der Waals surface area contributed by atoms with Crippen molar-refractivity contribution in [1.82, 2.24) is 24.2 Å². The van der Waals surface area contributed by atoms with E-state index in [-0.39, 0.29) is 11.6 Å². The first-order valence-corrected chi connectivity index (χ1v) is 11.5. The number of nitrogens with one attached hydrogen (secondary N) is 1. The molecular weight excluding hydrogens is 414 g/mol. The van der Waals surface area contributed by atoms with Crippen molar-refractivity contribution in [2.24, 2.45) is 0 Å². The molecule has 0 saturated carbocycles. The lowest BCUT2D eigenvalue weighted by atomic mass is 10.3. The van der Waals surface area contributed by atoms with Crippen molar-refractivity contribution < 1.29 is 4.79 Å². The van der Waals surface area contributed by atoms with Crippen molar-refractivity contribution in [3.8, 4) is 0 Å². The molecule has 5 heterocycles. The van der Waals surface area contributed by atoms with Crippen LogP contribution in [-0.4, -0.2) is 69.5 Å². The second kappa shape index (κ2) is 8.64. The second-order valence-corrected chi connectivity index (χ2v) is 8.81. The Bertz CT molecular complexity index is 1110. The van der Waals surface area contributed by atoms with Crippen molar-refractivity contribution in [1.29, 1.82) is 0 Å². The Kier molecular flexibility index (Phi) is 5.56. The number of pyridine rings is 1. The lowest BCUT2D eigenvalue weighted by molar-refractivity contribution is 0.142. The Morgan fingerprint density at radius 3 is 2.65 bits per heavy atom. The molecule has 2 aliphatic heterocycles. The number of anilines is 2. The third kappa shape index (κ3) is 4.40. The summed E-state index contributed by atoms with van der Waals surface area (Å²) in [4.78, 5) is 40.9. The van der Waals surface area contributed by atoms with Crippen LogP contribution in [0.5, 0.6) is 0 Å². The Labute approximate surface area is 183 Å². The van der Waals surface area contributed by atoms with Crippen LogP contribution in [-0.2, 0) is 6.54 Å². The largest absolute Gasteiger partial charge is 0.357 e. The first-order valence-electron chi connectivity index (χ1n) is 10.6. The number of nitrogens with zero attached hydrogens (tertiary/aromatic N) is 6. The highest BCUT2D eigenvalue weighted by Crippen LogP contribution is 2.19. The summed E-state index contributed by atoms with van der Waals surface area (Å²) in [6.45, 7) is 5.46. The number of rotatable bonds is 4. The molecule has 0 aliphatic carbocycles. The van der Waals surface area contributed by atoms with Gasteiger partial charge in [-0.05, 0) is 25.0 Å². The molecule has 0 aromatic carbocycles. The molecule has 2 amide bonds. The second-order valence-electron chi connectivity index (χ2n) is 7.93. The van der Waals surface area contributed by atoms with Crippen LogP contribution < -0.4 is 15.8 Å². The maximum Gasteiger partial charge on any atom is 0.321 e. The van der Waals surface area contributed by atoms with Gasteiger partial charge in [0.25, 0.3) is 5.56 Å². The van der Waals surface area contributed by atoms with Gasteiger partial charge in [0.05, 0.1) is 17.6 Å². The molecule has 162 valence electrons. The predicted octanol–water partition coefficient (Wildman–Crippen LogP) is 2.10. The van der Waals surface area contributed by atoms with Gasteiger partial charge >= 0.3 is 6.03 Å². The van der Waals surface area contributed by atoms with Crippen molar-refractivity contribution in [3.05, 3.63) is 52.0 Å². The quantitative estimate of drug-likeness (QED) is 0.670. The molecule has 3 aromatic rings. The van der Waals surface area contributed by atoms with E-state index in [2.05, 4.69) is 25.1 Å². The highest BCUT2D eigenvalue weighted by molar-refractivity contribution is 7.15. The van der Waals surface area contributed by atoms with Crippen LogP contribution in [0.3, 0.4) is 0 Å². The van der Waals surface area contributed by atoms with E-state index < -0.39 is 0 Å². The Hall–Kier alpha value is -2.98. The molecule has 0 unspecified atom stereocenters. The van der Waals surface area contributed by atoms with Crippen molar-refractivity contribution in [2.75, 3.05) is 49.5 Å². The molecule has 0 spiro atoms. The fourth-order valence-electron chi connectivity index (χ4n) is 4.10. The SMILES string of the molecule is O=C(Nc1ccc(N2CCCC2)nc1)N1CCN(Cc2cc(=O)n3ccsc3n2)CC1. The van der Waals surface area contributed by atoms with Gasteiger partial charge in [-0.3, -0.25) is 14.1 Å². The number of amides is 2. The van der Waals surface area contributed by atoms with E-state index >= 15 is 0 Å². The molecular formula is C21H25N7O2S. The zero-order chi connectivity index (χ0) is 21.2. The molecule has 2 saturated heterocycles. The third-order valence-electron chi connectivity index (χ3n) is 5.83. The van der Waals surface area contributed by atoms with Crippen LogP contribution in [0.25, 0.3) is 4.96 Å². The van der Waals surface area contributed by atoms with Gasteiger partial charge in [0.2, 0.25) is 0 Å². The first-order chi connectivity index (χ1) is 15.2. The van der Waals surface area contributed by atoms with Crippen LogP contribution in [0, 0.1) is 0 Å². The first kappa shape index (κ1) is 20.0. The zero-order valence-corrected chi connectivity index (χ0v) is 18.1. The number of aromatic nitrogens is 3. The van der Waals surface area contributed by atoms with Crippen molar-refractivity contribution in [2.45, 2.75) is 19.4 Å². The minimum atomic E-state index is -0.105.